The Morgan fingerprint density at radius 3 is 2.67 bits per heavy atom. The molecular weight excluding hydrogens is 276 g/mol. The lowest BCUT2D eigenvalue weighted by Crippen LogP contribution is -2.37. The molecule has 1 amide bonds. The third-order valence-electron chi connectivity index (χ3n) is 2.60. The highest BCUT2D eigenvalue weighted by molar-refractivity contribution is 9.09. The molecule has 0 saturated heterocycles. The number of aromatic nitrogens is 1. The molecule has 1 heterocycles. The molecule has 15 heavy (non-hydrogen) atoms. The van der Waals surface area contributed by atoms with E-state index in [-0.39, 0.29) is 11.4 Å². The van der Waals surface area contributed by atoms with E-state index in [4.69, 9.17) is 0 Å². The van der Waals surface area contributed by atoms with Gasteiger partial charge < -0.3 is 5.32 Å². The Labute approximate surface area is 101 Å². The van der Waals surface area contributed by atoms with E-state index in [1.807, 2.05) is 13.8 Å². The van der Waals surface area contributed by atoms with Gasteiger partial charge in [0.05, 0.1) is 16.2 Å². The Morgan fingerprint density at radius 1 is 1.60 bits per heavy atom. The van der Waals surface area contributed by atoms with Crippen molar-refractivity contribution in [2.24, 2.45) is 0 Å². The summed E-state index contributed by atoms with van der Waals surface area (Å²) in [5.74, 6) is 0.0232. The van der Waals surface area contributed by atoms with E-state index in [0.717, 1.165) is 33.8 Å². The molecule has 0 atom stereocenters. The van der Waals surface area contributed by atoms with Gasteiger partial charge in [0, 0.05) is 5.33 Å². The average Bonchev–Trinajstić information content (AvgIpc) is 2.86. The summed E-state index contributed by atoms with van der Waals surface area (Å²) in [7, 11) is 0. The number of nitrogens with zero attached hydrogens (tertiary/aromatic N) is 1. The number of amides is 1. The molecule has 0 radical (unpaired) electrons. The van der Waals surface area contributed by atoms with Crippen molar-refractivity contribution in [3.63, 3.8) is 0 Å². The lowest BCUT2D eigenvalue weighted by atomic mass is 10.3. The Bertz CT molecular complexity index is 398. The van der Waals surface area contributed by atoms with E-state index in [0.29, 0.717) is 0 Å². The van der Waals surface area contributed by atoms with Crippen molar-refractivity contribution in [1.29, 1.82) is 0 Å². The molecule has 1 saturated carbocycles. The highest BCUT2D eigenvalue weighted by Gasteiger charge is 2.43. The topological polar surface area (TPSA) is 42.0 Å². The van der Waals surface area contributed by atoms with Crippen molar-refractivity contribution in [3.8, 4) is 0 Å². The van der Waals surface area contributed by atoms with Crippen LogP contribution in [0, 0.1) is 13.8 Å². The van der Waals surface area contributed by atoms with Gasteiger partial charge in [0.25, 0.3) is 5.91 Å². The molecule has 3 nitrogen and oxygen atoms in total. The molecule has 1 aliphatic rings. The van der Waals surface area contributed by atoms with Gasteiger partial charge in [0.1, 0.15) is 4.88 Å². The summed E-state index contributed by atoms with van der Waals surface area (Å²) < 4.78 is 0. The first kappa shape index (κ1) is 11.1. The van der Waals surface area contributed by atoms with Gasteiger partial charge in [-0.2, -0.15) is 0 Å². The molecule has 1 fully saturated rings. The first-order valence-electron chi connectivity index (χ1n) is 4.89. The van der Waals surface area contributed by atoms with Gasteiger partial charge in [-0.25, -0.2) is 4.98 Å². The zero-order chi connectivity index (χ0) is 11.1. The van der Waals surface area contributed by atoms with E-state index in [9.17, 15) is 4.79 Å². The first-order chi connectivity index (χ1) is 7.06. The van der Waals surface area contributed by atoms with Crippen LogP contribution in [-0.4, -0.2) is 21.8 Å². The summed E-state index contributed by atoms with van der Waals surface area (Å²) in [6.07, 6.45) is 2.14. The lowest BCUT2D eigenvalue weighted by molar-refractivity contribution is 0.0940. The third kappa shape index (κ3) is 2.23. The molecule has 82 valence electrons. The number of aryl methyl sites for hydroxylation is 2. The standard InChI is InChI=1S/C10H13BrN2OS/c1-6-8(15-7(2)12-6)9(14)13-10(5-11)3-4-10/h3-5H2,1-2H3,(H,13,14). The number of hydrogen-bond donors (Lipinski definition) is 1. The lowest BCUT2D eigenvalue weighted by Gasteiger charge is -2.13. The summed E-state index contributed by atoms with van der Waals surface area (Å²) in [6, 6.07) is 0. The average molecular weight is 289 g/mol. The number of carbonyl (C=O) groups excluding carboxylic acids is 1. The van der Waals surface area contributed by atoms with Crippen molar-refractivity contribution < 1.29 is 4.79 Å². The molecule has 0 aliphatic heterocycles. The molecular formula is C10H13BrN2OS. The van der Waals surface area contributed by atoms with E-state index < -0.39 is 0 Å². The summed E-state index contributed by atoms with van der Waals surface area (Å²) in [4.78, 5) is 16.9. The number of rotatable bonds is 3. The van der Waals surface area contributed by atoms with Crippen LogP contribution in [0.4, 0.5) is 0 Å². The van der Waals surface area contributed by atoms with Crippen LogP contribution >= 0.6 is 27.3 Å². The Kier molecular flexibility index (Phi) is 2.85. The second-order valence-electron chi connectivity index (χ2n) is 4.02. The van der Waals surface area contributed by atoms with Crippen LogP contribution in [-0.2, 0) is 0 Å². The molecule has 1 aliphatic carbocycles. The molecule has 0 unspecified atom stereocenters. The van der Waals surface area contributed by atoms with Gasteiger partial charge in [-0.3, -0.25) is 4.79 Å². The van der Waals surface area contributed by atoms with Gasteiger partial charge in [0.15, 0.2) is 0 Å². The maximum atomic E-state index is 11.9. The molecule has 0 aromatic carbocycles. The van der Waals surface area contributed by atoms with Crippen molar-refractivity contribution >= 4 is 33.2 Å². The van der Waals surface area contributed by atoms with E-state index in [1.54, 1.807) is 0 Å². The van der Waals surface area contributed by atoms with Crippen LogP contribution in [0.1, 0.15) is 33.2 Å². The quantitative estimate of drug-likeness (QED) is 0.868. The van der Waals surface area contributed by atoms with Crippen LogP contribution in [0.25, 0.3) is 0 Å². The Hall–Kier alpha value is -0.420. The summed E-state index contributed by atoms with van der Waals surface area (Å²) in [5, 5.41) is 4.85. The minimum absolute atomic E-state index is 0.0153. The summed E-state index contributed by atoms with van der Waals surface area (Å²) in [5.41, 5.74) is 0.849. The number of thiazole rings is 1. The fourth-order valence-electron chi connectivity index (χ4n) is 1.48. The minimum Gasteiger partial charge on any atom is -0.345 e. The minimum atomic E-state index is 0.0153. The zero-order valence-corrected chi connectivity index (χ0v) is 11.2. The summed E-state index contributed by atoms with van der Waals surface area (Å²) in [6.45, 7) is 3.80. The smallest absolute Gasteiger partial charge is 0.263 e. The van der Waals surface area contributed by atoms with E-state index >= 15 is 0 Å². The van der Waals surface area contributed by atoms with Crippen LogP contribution in [0.15, 0.2) is 0 Å². The van der Waals surface area contributed by atoms with Gasteiger partial charge in [-0.05, 0) is 26.7 Å². The van der Waals surface area contributed by atoms with Gasteiger partial charge in [-0.15, -0.1) is 11.3 Å². The summed E-state index contributed by atoms with van der Waals surface area (Å²) >= 11 is 4.89. The second-order valence-corrected chi connectivity index (χ2v) is 5.78. The molecule has 1 aromatic rings. The number of hydrogen-bond acceptors (Lipinski definition) is 3. The number of alkyl halides is 1. The van der Waals surface area contributed by atoms with Crippen LogP contribution in [0.3, 0.4) is 0 Å². The highest BCUT2D eigenvalue weighted by atomic mass is 79.9. The zero-order valence-electron chi connectivity index (χ0n) is 8.76. The van der Waals surface area contributed by atoms with Crippen LogP contribution in [0.2, 0.25) is 0 Å². The predicted molar refractivity (Wildman–Crippen MR) is 64.8 cm³/mol. The Balaban J connectivity index is 2.11. The molecule has 1 aromatic heterocycles. The van der Waals surface area contributed by atoms with Crippen molar-refractivity contribution in [2.45, 2.75) is 32.2 Å². The predicted octanol–water partition coefficient (Wildman–Crippen LogP) is 2.42. The SMILES string of the molecule is Cc1nc(C)c(C(=O)NC2(CBr)CC2)s1. The normalized spacial score (nSPS) is 17.5. The molecule has 1 N–H and O–H groups in total. The maximum absolute atomic E-state index is 11.9. The third-order valence-corrected chi connectivity index (χ3v) is 4.74. The maximum Gasteiger partial charge on any atom is 0.263 e. The van der Waals surface area contributed by atoms with Crippen molar-refractivity contribution in [3.05, 3.63) is 15.6 Å². The molecule has 0 bridgehead atoms. The van der Waals surface area contributed by atoms with Crippen LogP contribution in [0.5, 0.6) is 0 Å². The number of nitrogens with one attached hydrogen (secondary N) is 1. The van der Waals surface area contributed by atoms with Crippen molar-refractivity contribution in [2.75, 3.05) is 5.33 Å². The van der Waals surface area contributed by atoms with Crippen LogP contribution < -0.4 is 5.32 Å². The Morgan fingerprint density at radius 2 is 2.27 bits per heavy atom. The molecule has 2 rings (SSSR count). The van der Waals surface area contributed by atoms with Gasteiger partial charge >= 0.3 is 0 Å². The number of carbonyl (C=O) groups is 1. The second kappa shape index (κ2) is 3.87. The number of halogens is 1. The monoisotopic (exact) mass is 288 g/mol. The highest BCUT2D eigenvalue weighted by Crippen LogP contribution is 2.37. The largest absolute Gasteiger partial charge is 0.345 e. The van der Waals surface area contributed by atoms with Gasteiger partial charge in [0.2, 0.25) is 0 Å². The van der Waals surface area contributed by atoms with E-state index in [2.05, 4.69) is 26.2 Å². The van der Waals surface area contributed by atoms with Crippen molar-refractivity contribution in [1.82, 2.24) is 10.3 Å². The fraction of sp³-hybridized carbons (Fsp3) is 0.600. The van der Waals surface area contributed by atoms with Gasteiger partial charge in [-0.1, -0.05) is 15.9 Å². The molecule has 0 spiro atoms. The first-order valence-corrected chi connectivity index (χ1v) is 6.83. The fourth-order valence-corrected chi connectivity index (χ4v) is 3.00. The molecule has 5 heteroatoms. The van der Waals surface area contributed by atoms with E-state index in [1.165, 1.54) is 11.3 Å².